The summed E-state index contributed by atoms with van der Waals surface area (Å²) in [6, 6.07) is 42.6. The SMILES string of the molecule is ClCCOc1ccc(Cn2c(-c3ccc(OCc4ccccc4)cc3)c(Cl)c3cc(OCc4ccccc4)ccc32)cc1. The number of aromatic nitrogens is 1. The van der Waals surface area contributed by atoms with Gasteiger partial charge in [-0.15, -0.1) is 11.6 Å². The van der Waals surface area contributed by atoms with Gasteiger partial charge in [-0.3, -0.25) is 0 Å². The monoisotopic (exact) mass is 607 g/mol. The summed E-state index contributed by atoms with van der Waals surface area (Å²) in [7, 11) is 0. The number of hydrogen-bond donors (Lipinski definition) is 0. The second kappa shape index (κ2) is 13.7. The first-order chi connectivity index (χ1) is 21.2. The first kappa shape index (κ1) is 28.7. The van der Waals surface area contributed by atoms with E-state index in [0.717, 1.165) is 56.1 Å². The standard InChI is InChI=1S/C37H31Cl2NO3/c38-21-22-41-31-15-11-27(12-16-31)24-40-35-20-19-33(43-26-29-9-5-2-6-10-29)23-34(35)36(39)37(40)30-13-17-32(18-14-30)42-25-28-7-3-1-4-8-28/h1-20,23H,21-22,24-26H2. The average Bonchev–Trinajstić information content (AvgIpc) is 3.33. The maximum atomic E-state index is 7.18. The molecule has 6 rings (SSSR count). The minimum absolute atomic E-state index is 0.450. The van der Waals surface area contributed by atoms with E-state index in [1.165, 1.54) is 0 Å². The maximum absolute atomic E-state index is 7.18. The van der Waals surface area contributed by atoms with Crippen molar-refractivity contribution in [1.29, 1.82) is 0 Å². The molecular weight excluding hydrogens is 577 g/mol. The predicted molar refractivity (Wildman–Crippen MR) is 176 cm³/mol. The van der Waals surface area contributed by atoms with Gasteiger partial charge < -0.3 is 18.8 Å². The van der Waals surface area contributed by atoms with Crippen LogP contribution in [0.1, 0.15) is 16.7 Å². The van der Waals surface area contributed by atoms with E-state index in [-0.39, 0.29) is 0 Å². The van der Waals surface area contributed by atoms with Crippen LogP contribution in [-0.4, -0.2) is 17.1 Å². The highest BCUT2D eigenvalue weighted by molar-refractivity contribution is 6.38. The Labute approximate surface area is 262 Å². The summed E-state index contributed by atoms with van der Waals surface area (Å²) < 4.78 is 20.1. The summed E-state index contributed by atoms with van der Waals surface area (Å²) in [5.41, 5.74) is 6.33. The Morgan fingerprint density at radius 1 is 0.558 bits per heavy atom. The number of halogens is 2. The van der Waals surface area contributed by atoms with E-state index in [0.29, 0.717) is 37.3 Å². The van der Waals surface area contributed by atoms with E-state index in [9.17, 15) is 0 Å². The number of benzene rings is 5. The Balaban J connectivity index is 1.31. The van der Waals surface area contributed by atoms with Crippen molar-refractivity contribution < 1.29 is 14.2 Å². The van der Waals surface area contributed by atoms with Crippen molar-refractivity contribution in [1.82, 2.24) is 4.57 Å². The van der Waals surface area contributed by atoms with Gasteiger partial charge in [-0.05, 0) is 76.9 Å². The number of rotatable bonds is 12. The lowest BCUT2D eigenvalue weighted by Crippen LogP contribution is -2.03. The van der Waals surface area contributed by atoms with Crippen LogP contribution in [0.3, 0.4) is 0 Å². The zero-order valence-electron chi connectivity index (χ0n) is 23.6. The van der Waals surface area contributed by atoms with E-state index in [1.807, 2.05) is 72.8 Å². The topological polar surface area (TPSA) is 32.6 Å². The van der Waals surface area contributed by atoms with Crippen molar-refractivity contribution in [2.75, 3.05) is 12.5 Å². The lowest BCUT2D eigenvalue weighted by Gasteiger charge is -2.13. The minimum atomic E-state index is 0.450. The van der Waals surface area contributed by atoms with Crippen LogP contribution >= 0.6 is 23.2 Å². The van der Waals surface area contributed by atoms with Gasteiger partial charge in [0.05, 0.1) is 22.1 Å². The van der Waals surface area contributed by atoms with Gasteiger partial charge in [-0.2, -0.15) is 0 Å². The zero-order valence-corrected chi connectivity index (χ0v) is 25.1. The molecule has 0 saturated carbocycles. The van der Waals surface area contributed by atoms with Crippen LogP contribution < -0.4 is 14.2 Å². The highest BCUT2D eigenvalue weighted by atomic mass is 35.5. The molecule has 0 fully saturated rings. The number of fused-ring (bicyclic) bond motifs is 1. The van der Waals surface area contributed by atoms with Gasteiger partial charge in [-0.25, -0.2) is 0 Å². The fourth-order valence-electron chi connectivity index (χ4n) is 5.05. The first-order valence-corrected chi connectivity index (χ1v) is 15.1. The molecule has 216 valence electrons. The lowest BCUT2D eigenvalue weighted by molar-refractivity contribution is 0.306. The Morgan fingerprint density at radius 2 is 1.12 bits per heavy atom. The van der Waals surface area contributed by atoms with Gasteiger partial charge in [0, 0.05) is 11.9 Å². The molecule has 0 radical (unpaired) electrons. The van der Waals surface area contributed by atoms with Crippen LogP contribution in [0.5, 0.6) is 17.2 Å². The summed E-state index contributed by atoms with van der Waals surface area (Å²) in [5.74, 6) is 2.82. The largest absolute Gasteiger partial charge is 0.492 e. The van der Waals surface area contributed by atoms with E-state index < -0.39 is 0 Å². The van der Waals surface area contributed by atoms with E-state index in [4.69, 9.17) is 37.4 Å². The number of nitrogens with zero attached hydrogens (tertiary/aromatic N) is 1. The maximum Gasteiger partial charge on any atom is 0.120 e. The van der Waals surface area contributed by atoms with Crippen molar-refractivity contribution in [3.05, 3.63) is 149 Å². The normalized spacial score (nSPS) is 11.0. The predicted octanol–water partition coefficient (Wildman–Crippen LogP) is 9.79. The molecule has 1 aromatic heterocycles. The van der Waals surface area contributed by atoms with Gasteiger partial charge >= 0.3 is 0 Å². The van der Waals surface area contributed by atoms with Gasteiger partial charge in [0.1, 0.15) is 37.1 Å². The van der Waals surface area contributed by atoms with E-state index >= 15 is 0 Å². The van der Waals surface area contributed by atoms with Gasteiger partial charge in [0.25, 0.3) is 0 Å². The fraction of sp³-hybridized carbons (Fsp3) is 0.135. The second-order valence-corrected chi connectivity index (χ2v) is 10.9. The van der Waals surface area contributed by atoms with Gasteiger partial charge in [-0.1, -0.05) is 84.4 Å². The third-order valence-electron chi connectivity index (χ3n) is 7.21. The number of alkyl halides is 1. The second-order valence-electron chi connectivity index (χ2n) is 10.2. The van der Waals surface area contributed by atoms with Gasteiger partial charge in [0.15, 0.2) is 0 Å². The molecule has 6 aromatic rings. The molecule has 1 heterocycles. The Morgan fingerprint density at radius 3 is 1.74 bits per heavy atom. The van der Waals surface area contributed by atoms with Crippen LogP contribution in [0.25, 0.3) is 22.2 Å². The summed E-state index contributed by atoms with van der Waals surface area (Å²) in [6.07, 6.45) is 0. The Bertz CT molecular complexity index is 1770. The molecule has 43 heavy (non-hydrogen) atoms. The molecule has 5 aromatic carbocycles. The quantitative estimate of drug-likeness (QED) is 0.130. The summed E-state index contributed by atoms with van der Waals surface area (Å²) in [6.45, 7) is 2.10. The zero-order chi connectivity index (χ0) is 29.4. The van der Waals surface area contributed by atoms with Crippen LogP contribution in [0, 0.1) is 0 Å². The van der Waals surface area contributed by atoms with Crippen LogP contribution in [0.2, 0.25) is 5.02 Å². The number of ether oxygens (including phenoxy) is 3. The fourth-order valence-corrected chi connectivity index (χ4v) is 5.49. The lowest BCUT2D eigenvalue weighted by atomic mass is 10.1. The highest BCUT2D eigenvalue weighted by Crippen LogP contribution is 2.40. The van der Waals surface area contributed by atoms with Crippen molar-refractivity contribution >= 4 is 34.1 Å². The van der Waals surface area contributed by atoms with Crippen LogP contribution in [0.15, 0.2) is 127 Å². The molecule has 0 bridgehead atoms. The Kier molecular flexibility index (Phi) is 9.17. The molecule has 0 aliphatic heterocycles. The van der Waals surface area contributed by atoms with E-state index in [2.05, 4.69) is 59.2 Å². The summed E-state index contributed by atoms with van der Waals surface area (Å²) >= 11 is 13.0. The van der Waals surface area contributed by atoms with Crippen molar-refractivity contribution in [2.24, 2.45) is 0 Å². The third-order valence-corrected chi connectivity index (χ3v) is 7.74. The van der Waals surface area contributed by atoms with E-state index in [1.54, 1.807) is 0 Å². The minimum Gasteiger partial charge on any atom is -0.492 e. The van der Waals surface area contributed by atoms with Gasteiger partial charge in [0.2, 0.25) is 0 Å². The summed E-state index contributed by atoms with van der Waals surface area (Å²) in [4.78, 5) is 0. The molecule has 0 spiro atoms. The molecular formula is C37H31Cl2NO3. The van der Waals surface area contributed by atoms with Crippen LogP contribution in [0.4, 0.5) is 0 Å². The smallest absolute Gasteiger partial charge is 0.120 e. The molecule has 0 atom stereocenters. The average molecular weight is 609 g/mol. The number of hydrogen-bond acceptors (Lipinski definition) is 3. The molecule has 4 nitrogen and oxygen atoms in total. The molecule has 0 amide bonds. The van der Waals surface area contributed by atoms with Crippen molar-refractivity contribution in [2.45, 2.75) is 19.8 Å². The molecule has 6 heteroatoms. The third kappa shape index (κ3) is 6.99. The molecule has 0 N–H and O–H groups in total. The molecule has 0 saturated heterocycles. The summed E-state index contributed by atoms with van der Waals surface area (Å²) in [5, 5.41) is 1.62. The first-order valence-electron chi connectivity index (χ1n) is 14.2. The molecule has 0 aliphatic rings. The Hall–Kier alpha value is -4.38. The van der Waals surface area contributed by atoms with Crippen molar-refractivity contribution in [3.8, 4) is 28.5 Å². The molecule has 0 unspecified atom stereocenters. The molecule has 0 aliphatic carbocycles. The van der Waals surface area contributed by atoms with Crippen LogP contribution in [-0.2, 0) is 19.8 Å². The van der Waals surface area contributed by atoms with Crippen molar-refractivity contribution in [3.63, 3.8) is 0 Å². The highest BCUT2D eigenvalue weighted by Gasteiger charge is 2.19.